The highest BCUT2D eigenvalue weighted by Gasteiger charge is 2.14. The van der Waals surface area contributed by atoms with Crippen LogP contribution < -0.4 is 16.0 Å². The maximum atomic E-state index is 13.5. The van der Waals surface area contributed by atoms with Crippen molar-refractivity contribution >= 4 is 23.2 Å². The van der Waals surface area contributed by atoms with Gasteiger partial charge in [0.1, 0.15) is 5.75 Å². The van der Waals surface area contributed by atoms with Crippen LogP contribution in [0.4, 0.5) is 16.0 Å². The topological polar surface area (TPSA) is 116 Å². The van der Waals surface area contributed by atoms with Crippen LogP contribution in [-0.2, 0) is 0 Å². The normalized spacial score (nSPS) is 10.2. The van der Waals surface area contributed by atoms with Crippen LogP contribution in [0.15, 0.2) is 24.4 Å². The van der Waals surface area contributed by atoms with E-state index in [-0.39, 0.29) is 22.4 Å². The van der Waals surface area contributed by atoms with Crippen LogP contribution in [0.3, 0.4) is 0 Å². The van der Waals surface area contributed by atoms with Crippen molar-refractivity contribution in [3.05, 3.63) is 45.4 Å². The zero-order valence-electron chi connectivity index (χ0n) is 9.71. The summed E-state index contributed by atoms with van der Waals surface area (Å²) in [6.07, 6.45) is 0.858. The minimum atomic E-state index is -0.835. The Balaban J connectivity index is 2.32. The van der Waals surface area contributed by atoms with Gasteiger partial charge in [-0.25, -0.2) is 10.8 Å². The van der Waals surface area contributed by atoms with E-state index in [4.69, 9.17) is 22.2 Å². The van der Waals surface area contributed by atoms with E-state index >= 15 is 0 Å². The minimum absolute atomic E-state index is 0.0119. The number of nitrogens with one attached hydrogen (secondary N) is 1. The number of nitro groups is 1. The van der Waals surface area contributed by atoms with Gasteiger partial charge in [0, 0.05) is 12.1 Å². The van der Waals surface area contributed by atoms with Crippen molar-refractivity contribution in [3.63, 3.8) is 0 Å². The fraction of sp³-hybridized carbons (Fsp3) is 0. The molecule has 8 nitrogen and oxygen atoms in total. The van der Waals surface area contributed by atoms with Crippen molar-refractivity contribution < 1.29 is 14.1 Å². The van der Waals surface area contributed by atoms with Crippen LogP contribution in [-0.4, -0.2) is 14.9 Å². The molecule has 3 N–H and O–H groups in total. The highest BCUT2D eigenvalue weighted by Crippen LogP contribution is 2.32. The molecule has 1 aromatic carbocycles. The molecule has 0 bridgehead atoms. The zero-order chi connectivity index (χ0) is 14.7. The number of nitrogens with two attached hydrogens (primary N) is 1. The summed E-state index contributed by atoms with van der Waals surface area (Å²) in [5.74, 6) is 3.80. The van der Waals surface area contributed by atoms with E-state index in [0.717, 1.165) is 12.3 Å². The molecule has 0 unspecified atom stereocenters. The Morgan fingerprint density at radius 1 is 1.50 bits per heavy atom. The second kappa shape index (κ2) is 5.63. The largest absolute Gasteiger partial charge is 0.435 e. The van der Waals surface area contributed by atoms with Crippen molar-refractivity contribution in [1.82, 2.24) is 9.97 Å². The molecule has 0 atom stereocenters. The Morgan fingerprint density at radius 2 is 2.25 bits per heavy atom. The molecule has 2 aromatic rings. The van der Waals surface area contributed by atoms with E-state index in [1.165, 1.54) is 12.1 Å². The predicted octanol–water partition coefficient (Wildman–Crippen LogP) is 2.26. The molecule has 0 saturated carbocycles. The SMILES string of the molecule is NNc1ncc(F)c(Oc2ccc([N+](=O)[O-])cc2Cl)n1. The molecule has 0 radical (unpaired) electrons. The number of non-ortho nitro benzene ring substituents is 1. The fourth-order valence-corrected chi connectivity index (χ4v) is 1.50. The number of rotatable bonds is 4. The van der Waals surface area contributed by atoms with E-state index in [2.05, 4.69) is 15.4 Å². The molecule has 0 amide bonds. The van der Waals surface area contributed by atoms with E-state index in [1.807, 2.05) is 0 Å². The first-order valence-corrected chi connectivity index (χ1v) is 5.50. The number of aromatic nitrogens is 2. The van der Waals surface area contributed by atoms with Crippen molar-refractivity contribution in [1.29, 1.82) is 0 Å². The maximum absolute atomic E-state index is 13.5. The third-order valence-corrected chi connectivity index (χ3v) is 2.47. The lowest BCUT2D eigenvalue weighted by Gasteiger charge is -2.08. The Labute approximate surface area is 116 Å². The monoisotopic (exact) mass is 299 g/mol. The molecule has 0 fully saturated rings. The van der Waals surface area contributed by atoms with Gasteiger partial charge in [-0.3, -0.25) is 15.5 Å². The number of hydrazine groups is 1. The number of nitro benzene ring substituents is 1. The van der Waals surface area contributed by atoms with Gasteiger partial charge in [-0.15, -0.1) is 0 Å². The summed E-state index contributed by atoms with van der Waals surface area (Å²) in [6.45, 7) is 0. The molecule has 104 valence electrons. The summed E-state index contributed by atoms with van der Waals surface area (Å²) >= 11 is 5.81. The molecular formula is C10H7ClFN5O3. The zero-order valence-corrected chi connectivity index (χ0v) is 10.5. The van der Waals surface area contributed by atoms with Crippen LogP contribution in [0.5, 0.6) is 11.6 Å². The molecule has 1 heterocycles. The van der Waals surface area contributed by atoms with Gasteiger partial charge in [0.25, 0.3) is 11.6 Å². The molecule has 1 aromatic heterocycles. The number of halogens is 2. The van der Waals surface area contributed by atoms with Crippen molar-refractivity contribution in [2.75, 3.05) is 5.43 Å². The number of nitrogens with zero attached hydrogens (tertiary/aromatic N) is 3. The molecule has 20 heavy (non-hydrogen) atoms. The van der Waals surface area contributed by atoms with E-state index in [9.17, 15) is 14.5 Å². The summed E-state index contributed by atoms with van der Waals surface area (Å²) in [5.41, 5.74) is 1.91. The Morgan fingerprint density at radius 3 is 2.85 bits per heavy atom. The van der Waals surface area contributed by atoms with Crippen LogP contribution >= 0.6 is 11.6 Å². The number of hydrogen-bond acceptors (Lipinski definition) is 7. The first-order valence-electron chi connectivity index (χ1n) is 5.12. The van der Waals surface area contributed by atoms with Gasteiger partial charge in [0.05, 0.1) is 16.1 Å². The van der Waals surface area contributed by atoms with Gasteiger partial charge in [-0.1, -0.05) is 11.6 Å². The average Bonchev–Trinajstić information content (AvgIpc) is 2.43. The molecule has 0 aliphatic heterocycles. The molecule has 0 spiro atoms. The predicted molar refractivity (Wildman–Crippen MR) is 68.0 cm³/mol. The highest BCUT2D eigenvalue weighted by atomic mass is 35.5. The molecule has 10 heteroatoms. The summed E-state index contributed by atoms with van der Waals surface area (Å²) in [5, 5.41) is 10.5. The van der Waals surface area contributed by atoms with Gasteiger partial charge < -0.3 is 4.74 Å². The summed E-state index contributed by atoms with van der Waals surface area (Å²) in [7, 11) is 0. The van der Waals surface area contributed by atoms with E-state index in [1.54, 1.807) is 0 Å². The van der Waals surface area contributed by atoms with Gasteiger partial charge in [-0.2, -0.15) is 9.37 Å². The summed E-state index contributed by atoms with van der Waals surface area (Å²) in [4.78, 5) is 17.1. The van der Waals surface area contributed by atoms with Crippen molar-refractivity contribution in [2.24, 2.45) is 5.84 Å². The summed E-state index contributed by atoms with van der Waals surface area (Å²) in [6, 6.07) is 3.48. The van der Waals surface area contributed by atoms with Gasteiger partial charge in [0.15, 0.2) is 0 Å². The van der Waals surface area contributed by atoms with Gasteiger partial charge in [0.2, 0.25) is 11.8 Å². The first kappa shape index (κ1) is 13.9. The van der Waals surface area contributed by atoms with Gasteiger partial charge >= 0.3 is 0 Å². The smallest absolute Gasteiger partial charge is 0.271 e. The van der Waals surface area contributed by atoms with Crippen LogP contribution in [0, 0.1) is 15.9 Å². The quantitative estimate of drug-likeness (QED) is 0.505. The van der Waals surface area contributed by atoms with E-state index < -0.39 is 16.6 Å². The lowest BCUT2D eigenvalue weighted by Crippen LogP contribution is -2.11. The number of nitrogen functional groups attached to an aromatic ring is 1. The number of benzene rings is 1. The van der Waals surface area contributed by atoms with Crippen molar-refractivity contribution in [3.8, 4) is 11.6 Å². The molecule has 0 saturated heterocycles. The second-order valence-corrected chi connectivity index (χ2v) is 3.87. The van der Waals surface area contributed by atoms with Crippen LogP contribution in [0.25, 0.3) is 0 Å². The average molecular weight is 300 g/mol. The van der Waals surface area contributed by atoms with Crippen molar-refractivity contribution in [2.45, 2.75) is 0 Å². The lowest BCUT2D eigenvalue weighted by molar-refractivity contribution is -0.384. The Bertz CT molecular complexity index is 669. The number of hydrogen-bond donors (Lipinski definition) is 2. The number of ether oxygens (including phenoxy) is 1. The minimum Gasteiger partial charge on any atom is -0.435 e. The van der Waals surface area contributed by atoms with Crippen LogP contribution in [0.1, 0.15) is 0 Å². The highest BCUT2D eigenvalue weighted by molar-refractivity contribution is 6.32. The van der Waals surface area contributed by atoms with Crippen LogP contribution in [0.2, 0.25) is 5.02 Å². The summed E-state index contributed by atoms with van der Waals surface area (Å²) < 4.78 is 18.6. The lowest BCUT2D eigenvalue weighted by atomic mass is 10.3. The first-order chi connectivity index (χ1) is 9.51. The van der Waals surface area contributed by atoms with E-state index in [0.29, 0.717) is 0 Å². The second-order valence-electron chi connectivity index (χ2n) is 3.46. The van der Waals surface area contributed by atoms with Gasteiger partial charge in [-0.05, 0) is 6.07 Å². The fourth-order valence-electron chi connectivity index (χ4n) is 1.28. The third-order valence-electron chi connectivity index (χ3n) is 2.17. The standard InChI is InChI=1S/C10H7ClFN5O3/c11-6-3-5(17(18)19)1-2-8(6)20-9-7(12)4-14-10(15-9)16-13/h1-4H,13H2,(H,14,15,16). The Kier molecular flexibility index (Phi) is 3.91. The molecular weight excluding hydrogens is 293 g/mol. The molecule has 2 rings (SSSR count). The third kappa shape index (κ3) is 2.90. The maximum Gasteiger partial charge on any atom is 0.271 e. The Hall–Kier alpha value is -2.52. The molecule has 0 aliphatic carbocycles. The molecule has 0 aliphatic rings. The number of anilines is 1.